The lowest BCUT2D eigenvalue weighted by molar-refractivity contribution is -0.133. The van der Waals surface area contributed by atoms with Crippen LogP contribution in [0.1, 0.15) is 24.0 Å². The highest BCUT2D eigenvalue weighted by Gasteiger charge is 2.30. The molecule has 29 heavy (non-hydrogen) atoms. The number of ether oxygens (including phenoxy) is 2. The molecule has 1 fully saturated rings. The molecule has 2 aromatic carbocycles. The number of halogens is 1. The first kappa shape index (κ1) is 20.0. The molecule has 4 nitrogen and oxygen atoms in total. The van der Waals surface area contributed by atoms with E-state index in [9.17, 15) is 9.18 Å². The quantitative estimate of drug-likeness (QED) is 0.701. The topological polar surface area (TPSA) is 38.8 Å². The van der Waals surface area contributed by atoms with Gasteiger partial charge in [-0.25, -0.2) is 4.39 Å². The van der Waals surface area contributed by atoms with Crippen molar-refractivity contribution < 1.29 is 18.7 Å². The number of hydrogen-bond donors (Lipinski definition) is 0. The lowest BCUT2D eigenvalue weighted by atomic mass is 10.1. The normalized spacial score (nSPS) is 19.1. The first-order valence-electron chi connectivity index (χ1n) is 9.92. The van der Waals surface area contributed by atoms with Gasteiger partial charge in [0.05, 0.1) is 17.6 Å². The van der Waals surface area contributed by atoms with Crippen molar-refractivity contribution in [3.63, 3.8) is 0 Å². The van der Waals surface area contributed by atoms with Gasteiger partial charge in [-0.15, -0.1) is 11.8 Å². The molecule has 2 aliphatic heterocycles. The van der Waals surface area contributed by atoms with E-state index in [2.05, 4.69) is 0 Å². The Morgan fingerprint density at radius 1 is 1.10 bits per heavy atom. The summed E-state index contributed by atoms with van der Waals surface area (Å²) in [7, 11) is 0. The molecule has 0 aliphatic carbocycles. The lowest BCUT2D eigenvalue weighted by Crippen LogP contribution is -2.39. The van der Waals surface area contributed by atoms with Gasteiger partial charge in [-0.1, -0.05) is 48.5 Å². The van der Waals surface area contributed by atoms with Crippen LogP contribution in [0, 0.1) is 5.82 Å². The van der Waals surface area contributed by atoms with Crippen LogP contribution in [0.2, 0.25) is 0 Å². The van der Waals surface area contributed by atoms with E-state index in [4.69, 9.17) is 9.47 Å². The van der Waals surface area contributed by atoms with Gasteiger partial charge >= 0.3 is 0 Å². The molecule has 1 atom stereocenters. The molecule has 152 valence electrons. The highest BCUT2D eigenvalue weighted by molar-refractivity contribution is 8.08. The average Bonchev–Trinajstić information content (AvgIpc) is 3.28. The van der Waals surface area contributed by atoms with E-state index in [0.29, 0.717) is 31.1 Å². The molecule has 0 saturated carbocycles. The molecule has 0 bridgehead atoms. The number of hydrogen-bond acceptors (Lipinski definition) is 4. The van der Waals surface area contributed by atoms with Crippen LogP contribution in [0.4, 0.5) is 4.39 Å². The zero-order valence-corrected chi connectivity index (χ0v) is 17.0. The summed E-state index contributed by atoms with van der Waals surface area (Å²) in [5.74, 6) is 0.616. The van der Waals surface area contributed by atoms with E-state index in [1.165, 1.54) is 6.07 Å². The number of carbonyl (C=O) groups is 1. The molecule has 2 aliphatic rings. The molecule has 6 heteroatoms. The summed E-state index contributed by atoms with van der Waals surface area (Å²) in [6, 6.07) is 16.4. The number of nitrogens with zero attached hydrogens (tertiary/aromatic N) is 1. The predicted octanol–water partition coefficient (Wildman–Crippen LogP) is 4.47. The van der Waals surface area contributed by atoms with E-state index in [-0.39, 0.29) is 24.4 Å². The molecule has 1 amide bonds. The fourth-order valence-electron chi connectivity index (χ4n) is 3.61. The molecule has 1 saturated heterocycles. The second-order valence-electron chi connectivity index (χ2n) is 7.13. The maximum absolute atomic E-state index is 14.3. The summed E-state index contributed by atoms with van der Waals surface area (Å²) in [6.45, 7) is 1.80. The van der Waals surface area contributed by atoms with Crippen molar-refractivity contribution in [1.82, 2.24) is 4.90 Å². The Morgan fingerprint density at radius 3 is 2.66 bits per heavy atom. The molecule has 0 aromatic heterocycles. The Hall–Kier alpha value is -2.31. The first-order valence-corrected chi connectivity index (χ1v) is 10.9. The molecule has 0 spiro atoms. The third-order valence-corrected chi connectivity index (χ3v) is 6.15. The standard InChI is InChI=1S/C23H24FNO3S/c24-20-11-5-4-9-18(20)15-25(16-19-10-6-12-27-19)23(26)21-22(29-14-13-28-21)17-7-2-1-3-8-17/h1-5,7-9,11,19H,6,10,12-16H2/t19-/m0/s1. The van der Waals surface area contributed by atoms with Crippen molar-refractivity contribution in [2.75, 3.05) is 25.5 Å². The van der Waals surface area contributed by atoms with Crippen molar-refractivity contribution >= 4 is 22.6 Å². The van der Waals surface area contributed by atoms with Crippen molar-refractivity contribution in [1.29, 1.82) is 0 Å². The Morgan fingerprint density at radius 2 is 1.90 bits per heavy atom. The number of thioether (sulfide) groups is 1. The second kappa shape index (κ2) is 9.46. The lowest BCUT2D eigenvalue weighted by Gasteiger charge is -2.29. The summed E-state index contributed by atoms with van der Waals surface area (Å²) >= 11 is 1.62. The smallest absolute Gasteiger partial charge is 0.290 e. The van der Waals surface area contributed by atoms with Crippen molar-refractivity contribution in [2.24, 2.45) is 0 Å². The van der Waals surface area contributed by atoms with Gasteiger partial charge in [0.1, 0.15) is 5.82 Å². The van der Waals surface area contributed by atoms with E-state index < -0.39 is 0 Å². The minimum atomic E-state index is -0.311. The van der Waals surface area contributed by atoms with E-state index in [0.717, 1.165) is 29.1 Å². The summed E-state index contributed by atoms with van der Waals surface area (Å²) < 4.78 is 25.9. The predicted molar refractivity (Wildman–Crippen MR) is 113 cm³/mol. The van der Waals surface area contributed by atoms with Gasteiger partial charge in [-0.2, -0.15) is 0 Å². The van der Waals surface area contributed by atoms with Crippen LogP contribution >= 0.6 is 11.8 Å². The average molecular weight is 414 g/mol. The molecule has 0 unspecified atom stereocenters. The van der Waals surface area contributed by atoms with Crippen molar-refractivity contribution in [2.45, 2.75) is 25.5 Å². The summed E-state index contributed by atoms with van der Waals surface area (Å²) in [5.41, 5.74) is 1.45. The molecule has 4 rings (SSSR count). The number of amides is 1. The molecule has 2 aromatic rings. The Kier molecular flexibility index (Phi) is 6.52. The van der Waals surface area contributed by atoms with Crippen LogP contribution in [-0.4, -0.2) is 42.4 Å². The number of benzene rings is 2. The summed E-state index contributed by atoms with van der Waals surface area (Å²) in [4.78, 5) is 16.0. The summed E-state index contributed by atoms with van der Waals surface area (Å²) in [6.07, 6.45) is 1.86. The zero-order chi connectivity index (χ0) is 20.1. The van der Waals surface area contributed by atoms with Crippen molar-refractivity contribution in [3.05, 3.63) is 77.3 Å². The maximum atomic E-state index is 14.3. The number of carbonyl (C=O) groups excluding carboxylic acids is 1. The van der Waals surface area contributed by atoms with Gasteiger partial charge in [-0.3, -0.25) is 4.79 Å². The van der Waals surface area contributed by atoms with E-state index in [1.54, 1.807) is 34.9 Å². The SMILES string of the molecule is O=C(C1=C(c2ccccc2)SCCO1)N(Cc1ccccc1F)C[C@@H]1CCCO1. The highest BCUT2D eigenvalue weighted by atomic mass is 32.2. The second-order valence-corrected chi connectivity index (χ2v) is 8.24. The fraction of sp³-hybridized carbons (Fsp3) is 0.348. The van der Waals surface area contributed by atoms with Crippen molar-refractivity contribution in [3.8, 4) is 0 Å². The van der Waals surface area contributed by atoms with Gasteiger partial charge in [0.15, 0.2) is 5.76 Å². The van der Waals surface area contributed by atoms with Crippen LogP contribution in [0.15, 0.2) is 60.4 Å². The third kappa shape index (κ3) is 4.82. The third-order valence-electron chi connectivity index (χ3n) is 5.07. The van der Waals surface area contributed by atoms with E-state index >= 15 is 0 Å². The Balaban J connectivity index is 1.65. The molecule has 0 radical (unpaired) electrons. The zero-order valence-electron chi connectivity index (χ0n) is 16.2. The Bertz CT molecular complexity index is 881. The minimum absolute atomic E-state index is 0.0252. The molecule has 2 heterocycles. The van der Waals surface area contributed by atoms with Gasteiger partial charge in [0, 0.05) is 31.0 Å². The van der Waals surface area contributed by atoms with Crippen LogP contribution in [0.25, 0.3) is 4.91 Å². The summed E-state index contributed by atoms with van der Waals surface area (Å²) in [5, 5.41) is 0. The highest BCUT2D eigenvalue weighted by Crippen LogP contribution is 2.35. The number of rotatable bonds is 6. The largest absolute Gasteiger partial charge is 0.486 e. The first-order chi connectivity index (χ1) is 14.2. The maximum Gasteiger partial charge on any atom is 0.290 e. The monoisotopic (exact) mass is 413 g/mol. The van der Waals surface area contributed by atoms with Crippen LogP contribution in [-0.2, 0) is 20.8 Å². The van der Waals surface area contributed by atoms with Crippen LogP contribution in [0.3, 0.4) is 0 Å². The van der Waals surface area contributed by atoms with Crippen LogP contribution in [0.5, 0.6) is 0 Å². The van der Waals surface area contributed by atoms with Gasteiger partial charge in [-0.05, 0) is 24.5 Å². The van der Waals surface area contributed by atoms with E-state index in [1.807, 2.05) is 30.3 Å². The van der Waals surface area contributed by atoms with Crippen LogP contribution < -0.4 is 0 Å². The fourth-order valence-corrected chi connectivity index (χ4v) is 4.56. The molecule has 0 N–H and O–H groups in total. The molecular weight excluding hydrogens is 389 g/mol. The molecular formula is C23H24FNO3S. The van der Waals surface area contributed by atoms with Gasteiger partial charge < -0.3 is 14.4 Å². The van der Waals surface area contributed by atoms with Gasteiger partial charge in [0.2, 0.25) is 0 Å². The Labute approximate surface area is 174 Å². The minimum Gasteiger partial charge on any atom is -0.486 e. The van der Waals surface area contributed by atoms with Gasteiger partial charge in [0.25, 0.3) is 5.91 Å².